The zero-order valence-electron chi connectivity index (χ0n) is 9.19. The number of phenols is 1. The molecule has 0 aromatic heterocycles. The standard InChI is InChI=1S/C11H14O3.Na/c1-2-3-8-14-11(13)9-4-6-10(12)7-5-9;/h4-7,12H,2-3,8H2,1H3;. The number of ether oxygens (including phenoxy) is 1. The first-order valence-electron chi connectivity index (χ1n) is 4.70. The fraction of sp³-hybridized carbons (Fsp3) is 0.364. The van der Waals surface area contributed by atoms with Gasteiger partial charge in [-0.1, -0.05) is 13.3 Å². The minimum Gasteiger partial charge on any atom is -0.508 e. The van der Waals surface area contributed by atoms with Gasteiger partial charge in [0.05, 0.1) is 12.2 Å². The van der Waals surface area contributed by atoms with E-state index < -0.39 is 0 Å². The van der Waals surface area contributed by atoms with Gasteiger partial charge >= 0.3 is 5.97 Å². The molecular formula is C11H14NaO3. The van der Waals surface area contributed by atoms with Crippen LogP contribution in [-0.4, -0.2) is 47.2 Å². The van der Waals surface area contributed by atoms with Gasteiger partial charge in [-0.3, -0.25) is 0 Å². The van der Waals surface area contributed by atoms with Gasteiger partial charge in [0.15, 0.2) is 0 Å². The molecule has 0 saturated heterocycles. The van der Waals surface area contributed by atoms with E-state index in [9.17, 15) is 4.79 Å². The average Bonchev–Trinajstić information content (AvgIpc) is 2.19. The molecule has 0 aliphatic heterocycles. The van der Waals surface area contributed by atoms with Gasteiger partial charge in [0.2, 0.25) is 0 Å². The molecule has 77 valence electrons. The maximum Gasteiger partial charge on any atom is 0.338 e. The molecule has 4 heteroatoms. The number of unbranched alkanes of at least 4 members (excludes halogenated alkanes) is 1. The summed E-state index contributed by atoms with van der Waals surface area (Å²) >= 11 is 0. The van der Waals surface area contributed by atoms with E-state index in [2.05, 4.69) is 0 Å². The Labute approximate surface area is 112 Å². The third-order valence-electron chi connectivity index (χ3n) is 1.83. The molecule has 0 atom stereocenters. The third kappa shape index (κ3) is 5.21. The van der Waals surface area contributed by atoms with Gasteiger partial charge in [-0.25, -0.2) is 4.79 Å². The molecule has 1 aromatic carbocycles. The second-order valence-corrected chi connectivity index (χ2v) is 3.04. The molecule has 0 bridgehead atoms. The third-order valence-corrected chi connectivity index (χ3v) is 1.83. The van der Waals surface area contributed by atoms with E-state index in [1.165, 1.54) is 12.1 Å². The number of rotatable bonds is 4. The van der Waals surface area contributed by atoms with Crippen molar-refractivity contribution < 1.29 is 14.6 Å². The van der Waals surface area contributed by atoms with Crippen LogP contribution in [0.3, 0.4) is 0 Å². The van der Waals surface area contributed by atoms with Gasteiger partial charge in [-0.15, -0.1) is 0 Å². The molecule has 15 heavy (non-hydrogen) atoms. The Kier molecular flexibility index (Phi) is 7.48. The summed E-state index contributed by atoms with van der Waals surface area (Å²) in [5, 5.41) is 9.00. The number of phenolic OH excluding ortho intramolecular Hbond substituents is 1. The Morgan fingerprint density at radius 3 is 2.47 bits per heavy atom. The summed E-state index contributed by atoms with van der Waals surface area (Å²) in [4.78, 5) is 11.3. The van der Waals surface area contributed by atoms with E-state index in [0.29, 0.717) is 12.2 Å². The minimum absolute atomic E-state index is 0. The Balaban J connectivity index is 0.00000196. The first-order valence-corrected chi connectivity index (χ1v) is 4.70. The van der Waals surface area contributed by atoms with Gasteiger partial charge < -0.3 is 9.84 Å². The van der Waals surface area contributed by atoms with Crippen molar-refractivity contribution in [2.24, 2.45) is 0 Å². The van der Waals surface area contributed by atoms with Crippen LogP contribution in [0.25, 0.3) is 0 Å². The van der Waals surface area contributed by atoms with E-state index in [1.54, 1.807) is 12.1 Å². The summed E-state index contributed by atoms with van der Waals surface area (Å²) in [5.41, 5.74) is 0.471. The Hall–Kier alpha value is -0.510. The predicted octanol–water partition coefficient (Wildman–Crippen LogP) is 1.97. The van der Waals surface area contributed by atoms with Crippen molar-refractivity contribution in [2.45, 2.75) is 19.8 Å². The van der Waals surface area contributed by atoms with Crippen molar-refractivity contribution >= 4 is 35.5 Å². The Bertz CT molecular complexity index is 295. The van der Waals surface area contributed by atoms with Crippen molar-refractivity contribution in [3.63, 3.8) is 0 Å². The normalized spacial score (nSPS) is 9.13. The Morgan fingerprint density at radius 1 is 1.33 bits per heavy atom. The van der Waals surface area contributed by atoms with Crippen LogP contribution in [0.15, 0.2) is 24.3 Å². The van der Waals surface area contributed by atoms with Crippen LogP contribution in [0.1, 0.15) is 30.1 Å². The maximum absolute atomic E-state index is 11.3. The first kappa shape index (κ1) is 14.5. The molecule has 0 fully saturated rings. The van der Waals surface area contributed by atoms with Crippen molar-refractivity contribution in [3.05, 3.63) is 29.8 Å². The van der Waals surface area contributed by atoms with Gasteiger partial charge in [0, 0.05) is 29.6 Å². The molecule has 0 aliphatic rings. The zero-order chi connectivity index (χ0) is 10.4. The second kappa shape index (κ2) is 7.74. The van der Waals surface area contributed by atoms with Crippen LogP contribution in [0, 0.1) is 0 Å². The Morgan fingerprint density at radius 2 is 1.93 bits per heavy atom. The van der Waals surface area contributed by atoms with Gasteiger partial charge in [0.25, 0.3) is 0 Å². The number of carbonyl (C=O) groups excluding carboxylic acids is 1. The molecule has 1 radical (unpaired) electrons. The number of hydrogen-bond acceptors (Lipinski definition) is 3. The first-order chi connectivity index (χ1) is 6.74. The quantitative estimate of drug-likeness (QED) is 0.476. The van der Waals surface area contributed by atoms with Crippen LogP contribution in [0.4, 0.5) is 0 Å². The number of hydrogen-bond donors (Lipinski definition) is 1. The minimum atomic E-state index is -0.335. The summed E-state index contributed by atoms with van der Waals surface area (Å²) < 4.78 is 4.99. The molecule has 0 amide bonds. The van der Waals surface area contributed by atoms with Crippen molar-refractivity contribution in [1.29, 1.82) is 0 Å². The van der Waals surface area contributed by atoms with Crippen LogP contribution < -0.4 is 0 Å². The molecule has 1 aromatic rings. The molecule has 1 N–H and O–H groups in total. The number of aromatic hydroxyl groups is 1. The van der Waals surface area contributed by atoms with Gasteiger partial charge in [0.1, 0.15) is 5.75 Å². The largest absolute Gasteiger partial charge is 0.508 e. The summed E-state index contributed by atoms with van der Waals surface area (Å²) in [6.45, 7) is 2.49. The molecule has 0 spiro atoms. The maximum atomic E-state index is 11.3. The molecule has 0 unspecified atom stereocenters. The van der Waals surface area contributed by atoms with E-state index in [-0.39, 0.29) is 41.3 Å². The molecule has 0 aliphatic carbocycles. The van der Waals surface area contributed by atoms with Crippen molar-refractivity contribution in [1.82, 2.24) is 0 Å². The number of carbonyl (C=O) groups is 1. The fourth-order valence-electron chi connectivity index (χ4n) is 0.990. The van der Waals surface area contributed by atoms with Crippen molar-refractivity contribution in [2.75, 3.05) is 6.61 Å². The summed E-state index contributed by atoms with van der Waals surface area (Å²) in [7, 11) is 0. The average molecular weight is 217 g/mol. The van der Waals surface area contributed by atoms with Crippen LogP contribution >= 0.6 is 0 Å². The smallest absolute Gasteiger partial charge is 0.338 e. The summed E-state index contributed by atoms with van der Waals surface area (Å²) in [6, 6.07) is 6.03. The van der Waals surface area contributed by atoms with Crippen LogP contribution in [0.2, 0.25) is 0 Å². The fourth-order valence-corrected chi connectivity index (χ4v) is 0.990. The molecule has 1 rings (SSSR count). The molecule has 3 nitrogen and oxygen atoms in total. The number of esters is 1. The van der Waals surface area contributed by atoms with Crippen molar-refractivity contribution in [3.8, 4) is 5.75 Å². The van der Waals surface area contributed by atoms with Gasteiger partial charge in [-0.2, -0.15) is 0 Å². The predicted molar refractivity (Wildman–Crippen MR) is 59.1 cm³/mol. The van der Waals surface area contributed by atoms with Crippen LogP contribution in [-0.2, 0) is 4.74 Å². The van der Waals surface area contributed by atoms with E-state index in [4.69, 9.17) is 9.84 Å². The molecular weight excluding hydrogens is 203 g/mol. The monoisotopic (exact) mass is 217 g/mol. The van der Waals surface area contributed by atoms with Gasteiger partial charge in [-0.05, 0) is 30.7 Å². The summed E-state index contributed by atoms with van der Waals surface area (Å²) in [5.74, 6) is -0.187. The topological polar surface area (TPSA) is 46.5 Å². The SMILES string of the molecule is CCCCOC(=O)c1ccc(O)cc1.[Na]. The molecule has 0 heterocycles. The molecule has 0 saturated carbocycles. The van der Waals surface area contributed by atoms with Crippen LogP contribution in [0.5, 0.6) is 5.75 Å². The number of benzene rings is 1. The van der Waals surface area contributed by atoms with E-state index in [1.807, 2.05) is 6.92 Å². The van der Waals surface area contributed by atoms with E-state index in [0.717, 1.165) is 12.8 Å². The second-order valence-electron chi connectivity index (χ2n) is 3.04. The van der Waals surface area contributed by atoms with E-state index >= 15 is 0 Å². The zero-order valence-corrected chi connectivity index (χ0v) is 11.2. The summed E-state index contributed by atoms with van der Waals surface area (Å²) in [6.07, 6.45) is 1.88.